The normalized spacial score (nSPS) is 10.7. The Morgan fingerprint density at radius 2 is 2.36 bits per heavy atom. The van der Waals surface area contributed by atoms with E-state index in [0.29, 0.717) is 18.0 Å². The minimum Gasteiger partial charge on any atom is -0.348 e. The second-order valence-corrected chi connectivity index (χ2v) is 4.98. The van der Waals surface area contributed by atoms with Crippen LogP contribution in [0.5, 0.6) is 0 Å². The summed E-state index contributed by atoms with van der Waals surface area (Å²) >= 11 is 4.72. The molecular formula is C9H11BrN2OS. The third kappa shape index (κ3) is 3.61. The maximum atomic E-state index is 11.4. The molecule has 14 heavy (non-hydrogen) atoms. The average molecular weight is 275 g/mol. The fourth-order valence-electron chi connectivity index (χ4n) is 0.855. The molecule has 3 nitrogen and oxygen atoms in total. The van der Waals surface area contributed by atoms with Gasteiger partial charge in [-0.05, 0) is 28.1 Å². The number of rotatable bonds is 4. The first-order valence-corrected chi connectivity index (χ1v) is 5.73. The highest BCUT2D eigenvalue weighted by atomic mass is 79.9. The van der Waals surface area contributed by atoms with Crippen molar-refractivity contribution in [2.75, 3.05) is 13.1 Å². The molecular weight excluding hydrogens is 264 g/mol. The zero-order valence-corrected chi connectivity index (χ0v) is 9.90. The molecule has 0 bridgehead atoms. The molecule has 0 saturated carbocycles. The molecule has 0 radical (unpaired) electrons. The van der Waals surface area contributed by atoms with E-state index in [0.717, 1.165) is 3.79 Å². The molecule has 5 heteroatoms. The Morgan fingerprint density at radius 1 is 1.57 bits per heavy atom. The van der Waals surface area contributed by atoms with Gasteiger partial charge in [0.2, 0.25) is 0 Å². The predicted molar refractivity (Wildman–Crippen MR) is 62.5 cm³/mol. The molecule has 1 rings (SSSR count). The number of hydrogen-bond donors (Lipinski definition) is 2. The summed E-state index contributed by atoms with van der Waals surface area (Å²) in [5.41, 5.74) is 5.26. The lowest BCUT2D eigenvalue weighted by atomic mass is 10.4. The highest BCUT2D eigenvalue weighted by Crippen LogP contribution is 2.21. The topological polar surface area (TPSA) is 55.1 Å². The molecule has 1 aromatic rings. The van der Waals surface area contributed by atoms with Crippen LogP contribution in [0, 0.1) is 0 Å². The molecule has 0 atom stereocenters. The summed E-state index contributed by atoms with van der Waals surface area (Å²) in [4.78, 5) is 12.1. The first-order valence-electron chi connectivity index (χ1n) is 4.12. The zero-order chi connectivity index (χ0) is 10.4. The number of nitrogens with one attached hydrogen (secondary N) is 1. The number of hydrogen-bond acceptors (Lipinski definition) is 3. The van der Waals surface area contributed by atoms with E-state index >= 15 is 0 Å². The molecule has 0 aromatic carbocycles. The predicted octanol–water partition coefficient (Wildman–Crippen LogP) is 1.76. The fourth-order valence-corrected chi connectivity index (χ4v) is 2.16. The van der Waals surface area contributed by atoms with Crippen LogP contribution in [0.4, 0.5) is 0 Å². The van der Waals surface area contributed by atoms with Gasteiger partial charge in [0.25, 0.3) is 5.91 Å². The van der Waals surface area contributed by atoms with Gasteiger partial charge in [0, 0.05) is 13.1 Å². The lowest BCUT2D eigenvalue weighted by Gasteiger charge is -1.97. The zero-order valence-electron chi connectivity index (χ0n) is 7.50. The molecule has 0 saturated heterocycles. The van der Waals surface area contributed by atoms with Crippen LogP contribution in [0.2, 0.25) is 0 Å². The van der Waals surface area contributed by atoms with E-state index in [1.165, 1.54) is 11.3 Å². The second-order valence-electron chi connectivity index (χ2n) is 2.52. The van der Waals surface area contributed by atoms with E-state index in [1.807, 2.05) is 18.2 Å². The maximum Gasteiger partial charge on any atom is 0.261 e. The molecule has 1 amide bonds. The smallest absolute Gasteiger partial charge is 0.261 e. The van der Waals surface area contributed by atoms with E-state index in [1.54, 1.807) is 6.07 Å². The highest BCUT2D eigenvalue weighted by Gasteiger charge is 2.05. The summed E-state index contributed by atoms with van der Waals surface area (Å²) in [5, 5.41) is 2.76. The van der Waals surface area contributed by atoms with E-state index < -0.39 is 0 Å². The molecule has 0 aliphatic rings. The third-order valence-corrected chi connectivity index (χ3v) is 3.10. The Morgan fingerprint density at radius 3 is 2.93 bits per heavy atom. The lowest BCUT2D eigenvalue weighted by molar-refractivity contribution is 0.0962. The average Bonchev–Trinajstić information content (AvgIpc) is 2.59. The van der Waals surface area contributed by atoms with Crippen LogP contribution in [0.25, 0.3) is 0 Å². The van der Waals surface area contributed by atoms with Crippen molar-refractivity contribution >= 4 is 33.2 Å². The number of carbonyl (C=O) groups is 1. The molecule has 3 N–H and O–H groups in total. The summed E-state index contributed by atoms with van der Waals surface area (Å²) in [6, 6.07) is 3.64. The van der Waals surface area contributed by atoms with Gasteiger partial charge < -0.3 is 11.1 Å². The van der Waals surface area contributed by atoms with Crippen molar-refractivity contribution in [3.05, 3.63) is 32.9 Å². The second kappa shape index (κ2) is 5.95. The molecule has 0 spiro atoms. The number of amides is 1. The highest BCUT2D eigenvalue weighted by molar-refractivity contribution is 9.11. The Bertz CT molecular complexity index is 335. The van der Waals surface area contributed by atoms with E-state index in [2.05, 4.69) is 21.2 Å². The first-order chi connectivity index (χ1) is 6.74. The van der Waals surface area contributed by atoms with Gasteiger partial charge in [-0.3, -0.25) is 4.79 Å². The number of carbonyl (C=O) groups excluding carboxylic acids is 1. The van der Waals surface area contributed by atoms with Crippen molar-refractivity contribution in [3.63, 3.8) is 0 Å². The standard InChI is InChI=1S/C9H11BrN2OS/c10-8-4-3-7(14-8)9(13)12-6-2-1-5-11/h1-4H,5-6,11H2,(H,12,13)/b2-1+. The summed E-state index contributed by atoms with van der Waals surface area (Å²) < 4.78 is 0.958. The summed E-state index contributed by atoms with van der Waals surface area (Å²) in [6.07, 6.45) is 3.64. The van der Waals surface area contributed by atoms with Crippen LogP contribution in [0.15, 0.2) is 28.1 Å². The summed E-state index contributed by atoms with van der Waals surface area (Å²) in [5.74, 6) is -0.0534. The molecule has 0 aliphatic carbocycles. The van der Waals surface area contributed by atoms with Crippen LogP contribution in [0.1, 0.15) is 9.67 Å². The Balaban J connectivity index is 2.39. The Labute approximate surface area is 95.1 Å². The van der Waals surface area contributed by atoms with Gasteiger partial charge >= 0.3 is 0 Å². The van der Waals surface area contributed by atoms with Crippen molar-refractivity contribution < 1.29 is 4.79 Å². The van der Waals surface area contributed by atoms with Gasteiger partial charge in [-0.1, -0.05) is 12.2 Å². The van der Waals surface area contributed by atoms with Crippen molar-refractivity contribution in [2.24, 2.45) is 5.73 Å². The van der Waals surface area contributed by atoms with Crippen LogP contribution in [-0.2, 0) is 0 Å². The number of thiophene rings is 1. The van der Waals surface area contributed by atoms with Gasteiger partial charge in [0.15, 0.2) is 0 Å². The van der Waals surface area contributed by atoms with E-state index in [9.17, 15) is 4.79 Å². The van der Waals surface area contributed by atoms with Crippen LogP contribution in [0.3, 0.4) is 0 Å². The van der Waals surface area contributed by atoms with Gasteiger partial charge in [-0.25, -0.2) is 0 Å². The van der Waals surface area contributed by atoms with E-state index in [-0.39, 0.29) is 5.91 Å². The SMILES string of the molecule is NC/C=C/CNC(=O)c1ccc(Br)s1. The van der Waals surface area contributed by atoms with Crippen molar-refractivity contribution in [1.82, 2.24) is 5.32 Å². The Kier molecular flexibility index (Phi) is 4.86. The van der Waals surface area contributed by atoms with Gasteiger partial charge in [-0.2, -0.15) is 0 Å². The molecule has 0 fully saturated rings. The monoisotopic (exact) mass is 274 g/mol. The van der Waals surface area contributed by atoms with Crippen LogP contribution < -0.4 is 11.1 Å². The third-order valence-electron chi connectivity index (χ3n) is 1.48. The van der Waals surface area contributed by atoms with Crippen LogP contribution >= 0.6 is 27.3 Å². The lowest BCUT2D eigenvalue weighted by Crippen LogP contribution is -2.22. The van der Waals surface area contributed by atoms with Gasteiger partial charge in [-0.15, -0.1) is 11.3 Å². The fraction of sp³-hybridized carbons (Fsp3) is 0.222. The van der Waals surface area contributed by atoms with Crippen molar-refractivity contribution in [2.45, 2.75) is 0 Å². The number of halogens is 1. The van der Waals surface area contributed by atoms with Crippen LogP contribution in [-0.4, -0.2) is 19.0 Å². The van der Waals surface area contributed by atoms with Crippen molar-refractivity contribution in [3.8, 4) is 0 Å². The molecule has 1 heterocycles. The van der Waals surface area contributed by atoms with Gasteiger partial charge in [0.05, 0.1) is 8.66 Å². The largest absolute Gasteiger partial charge is 0.348 e. The summed E-state index contributed by atoms with van der Waals surface area (Å²) in [6.45, 7) is 1.02. The Hall–Kier alpha value is -0.650. The van der Waals surface area contributed by atoms with Gasteiger partial charge in [0.1, 0.15) is 0 Å². The minimum absolute atomic E-state index is 0.0534. The van der Waals surface area contributed by atoms with Crippen molar-refractivity contribution in [1.29, 1.82) is 0 Å². The van der Waals surface area contributed by atoms with E-state index in [4.69, 9.17) is 5.73 Å². The molecule has 1 aromatic heterocycles. The molecule has 0 unspecified atom stereocenters. The minimum atomic E-state index is -0.0534. The quantitative estimate of drug-likeness (QED) is 0.823. The maximum absolute atomic E-state index is 11.4. The first kappa shape index (κ1) is 11.4. The molecule has 0 aliphatic heterocycles. The summed E-state index contributed by atoms with van der Waals surface area (Å²) in [7, 11) is 0. The molecule has 76 valence electrons. The number of nitrogens with two attached hydrogens (primary N) is 1.